The number of morpholine rings is 1. The summed E-state index contributed by atoms with van der Waals surface area (Å²) < 4.78 is 10.2. The molecule has 2 aliphatic rings. The summed E-state index contributed by atoms with van der Waals surface area (Å²) in [5, 5.41) is 2.98. The van der Waals surface area contributed by atoms with E-state index in [1.165, 1.54) is 7.11 Å². The molecule has 1 unspecified atom stereocenters. The van der Waals surface area contributed by atoms with Crippen LogP contribution in [0.15, 0.2) is 0 Å². The molecule has 108 valence electrons. The minimum atomic E-state index is -0.252. The second-order valence-corrected chi connectivity index (χ2v) is 5.17. The van der Waals surface area contributed by atoms with Crippen molar-refractivity contribution >= 4 is 11.9 Å². The summed E-state index contributed by atoms with van der Waals surface area (Å²) in [6.45, 7) is 2.83. The first-order chi connectivity index (χ1) is 9.17. The fourth-order valence-corrected chi connectivity index (χ4v) is 2.16. The molecular formula is C13H22N2O4. The third-order valence-corrected chi connectivity index (χ3v) is 3.44. The Kier molecular flexibility index (Phi) is 5.15. The minimum absolute atomic E-state index is 0.118. The van der Waals surface area contributed by atoms with E-state index in [4.69, 9.17) is 4.74 Å². The van der Waals surface area contributed by atoms with Gasteiger partial charge in [0.05, 0.1) is 26.2 Å². The third kappa shape index (κ3) is 5.16. The van der Waals surface area contributed by atoms with Gasteiger partial charge < -0.3 is 14.8 Å². The predicted molar refractivity (Wildman–Crippen MR) is 68.6 cm³/mol. The topological polar surface area (TPSA) is 67.9 Å². The maximum absolute atomic E-state index is 11.6. The molecule has 0 bridgehead atoms. The molecular weight excluding hydrogens is 248 g/mol. The molecule has 0 spiro atoms. The van der Waals surface area contributed by atoms with Crippen molar-refractivity contribution in [2.45, 2.75) is 37.8 Å². The number of rotatable bonds is 6. The van der Waals surface area contributed by atoms with Gasteiger partial charge in [-0.2, -0.15) is 0 Å². The quantitative estimate of drug-likeness (QED) is 0.684. The van der Waals surface area contributed by atoms with Crippen LogP contribution in [0.1, 0.15) is 25.7 Å². The zero-order valence-electron chi connectivity index (χ0n) is 11.4. The summed E-state index contributed by atoms with van der Waals surface area (Å²) in [6.07, 6.45) is 2.91. The van der Waals surface area contributed by atoms with E-state index in [0.717, 1.165) is 25.9 Å². The summed E-state index contributed by atoms with van der Waals surface area (Å²) in [5.41, 5.74) is 0. The average Bonchev–Trinajstić information content (AvgIpc) is 3.20. The Morgan fingerprint density at radius 3 is 2.89 bits per heavy atom. The molecule has 1 atom stereocenters. The second kappa shape index (κ2) is 6.86. The Morgan fingerprint density at radius 2 is 2.21 bits per heavy atom. The van der Waals surface area contributed by atoms with Crippen molar-refractivity contribution < 1.29 is 19.1 Å². The molecule has 1 saturated carbocycles. The molecule has 19 heavy (non-hydrogen) atoms. The normalized spacial score (nSPS) is 23.9. The van der Waals surface area contributed by atoms with Crippen LogP contribution in [0.25, 0.3) is 0 Å². The van der Waals surface area contributed by atoms with Gasteiger partial charge >= 0.3 is 5.97 Å². The van der Waals surface area contributed by atoms with E-state index in [1.807, 2.05) is 0 Å². The van der Waals surface area contributed by atoms with Crippen molar-refractivity contribution in [2.75, 3.05) is 33.4 Å². The molecule has 2 rings (SSSR count). The van der Waals surface area contributed by atoms with E-state index in [2.05, 4.69) is 15.0 Å². The molecule has 0 aromatic carbocycles. The molecule has 1 N–H and O–H groups in total. The van der Waals surface area contributed by atoms with Crippen LogP contribution in [0.5, 0.6) is 0 Å². The molecule has 2 fully saturated rings. The van der Waals surface area contributed by atoms with Crippen LogP contribution in [-0.4, -0.2) is 62.3 Å². The zero-order valence-corrected chi connectivity index (χ0v) is 11.4. The maximum atomic E-state index is 11.6. The van der Waals surface area contributed by atoms with E-state index < -0.39 is 0 Å². The average molecular weight is 270 g/mol. The van der Waals surface area contributed by atoms with E-state index in [-0.39, 0.29) is 24.4 Å². The van der Waals surface area contributed by atoms with Crippen molar-refractivity contribution in [3.05, 3.63) is 0 Å². The summed E-state index contributed by atoms with van der Waals surface area (Å²) in [6, 6.07) is 0.421. The highest BCUT2D eigenvalue weighted by Gasteiger charge is 2.25. The van der Waals surface area contributed by atoms with Gasteiger partial charge in [0.15, 0.2) is 0 Å². The summed E-state index contributed by atoms with van der Waals surface area (Å²) in [4.78, 5) is 25.0. The van der Waals surface area contributed by atoms with Gasteiger partial charge in [-0.1, -0.05) is 0 Å². The van der Waals surface area contributed by atoms with Crippen LogP contribution in [-0.2, 0) is 19.1 Å². The van der Waals surface area contributed by atoms with Crippen LogP contribution >= 0.6 is 0 Å². The first-order valence-corrected chi connectivity index (χ1v) is 6.87. The lowest BCUT2D eigenvalue weighted by Gasteiger charge is -2.32. The lowest BCUT2D eigenvalue weighted by molar-refractivity contribution is -0.145. The predicted octanol–water partition coefficient (Wildman–Crippen LogP) is -0.0810. The lowest BCUT2D eigenvalue weighted by Crippen LogP contribution is -2.44. The molecule has 0 aromatic heterocycles. The molecule has 6 heteroatoms. The lowest BCUT2D eigenvalue weighted by atomic mass is 10.2. The molecule has 1 amide bonds. The Labute approximate surface area is 113 Å². The van der Waals surface area contributed by atoms with Gasteiger partial charge in [0.2, 0.25) is 5.91 Å². The third-order valence-electron chi connectivity index (χ3n) is 3.44. The first-order valence-electron chi connectivity index (χ1n) is 6.87. The number of methoxy groups -OCH3 is 1. The number of nitrogens with one attached hydrogen (secondary N) is 1. The van der Waals surface area contributed by atoms with Gasteiger partial charge in [0.25, 0.3) is 0 Å². The van der Waals surface area contributed by atoms with Crippen molar-refractivity contribution in [1.82, 2.24) is 10.2 Å². The van der Waals surface area contributed by atoms with Crippen LogP contribution in [0, 0.1) is 0 Å². The van der Waals surface area contributed by atoms with Gasteiger partial charge in [0, 0.05) is 32.1 Å². The van der Waals surface area contributed by atoms with Crippen LogP contribution in [0.3, 0.4) is 0 Å². The fourth-order valence-electron chi connectivity index (χ4n) is 2.16. The van der Waals surface area contributed by atoms with Gasteiger partial charge in [-0.05, 0) is 12.8 Å². The fraction of sp³-hybridized carbons (Fsp3) is 0.846. The second-order valence-electron chi connectivity index (χ2n) is 5.17. The summed E-state index contributed by atoms with van der Waals surface area (Å²) in [5.74, 6) is -0.128. The monoisotopic (exact) mass is 270 g/mol. The SMILES string of the molecule is COC(=O)CC1CN(CCC(=O)NC2CC2)CCO1. The number of amides is 1. The Balaban J connectivity index is 1.65. The summed E-state index contributed by atoms with van der Waals surface area (Å²) >= 11 is 0. The van der Waals surface area contributed by atoms with Crippen molar-refractivity contribution in [3.8, 4) is 0 Å². The highest BCUT2D eigenvalue weighted by Crippen LogP contribution is 2.18. The standard InChI is InChI=1S/C13H22N2O4/c1-18-13(17)8-11-9-15(6-7-19-11)5-4-12(16)14-10-2-3-10/h10-11H,2-9H2,1H3,(H,14,16). The van der Waals surface area contributed by atoms with Crippen molar-refractivity contribution in [1.29, 1.82) is 0 Å². The smallest absolute Gasteiger partial charge is 0.308 e. The van der Waals surface area contributed by atoms with E-state index in [9.17, 15) is 9.59 Å². The highest BCUT2D eigenvalue weighted by atomic mass is 16.5. The summed E-state index contributed by atoms with van der Waals surface area (Å²) in [7, 11) is 1.38. The molecule has 1 heterocycles. The number of esters is 1. The van der Waals surface area contributed by atoms with E-state index >= 15 is 0 Å². The van der Waals surface area contributed by atoms with Crippen molar-refractivity contribution in [3.63, 3.8) is 0 Å². The highest BCUT2D eigenvalue weighted by molar-refractivity contribution is 5.76. The first kappa shape index (κ1) is 14.3. The number of nitrogens with zero attached hydrogens (tertiary/aromatic N) is 1. The van der Waals surface area contributed by atoms with E-state index in [1.54, 1.807) is 0 Å². The number of hydrogen-bond acceptors (Lipinski definition) is 5. The molecule has 6 nitrogen and oxygen atoms in total. The van der Waals surface area contributed by atoms with Gasteiger partial charge in [-0.25, -0.2) is 0 Å². The largest absolute Gasteiger partial charge is 0.469 e. The number of ether oxygens (including phenoxy) is 2. The molecule has 0 aromatic rings. The molecule has 1 saturated heterocycles. The van der Waals surface area contributed by atoms with Crippen LogP contribution < -0.4 is 5.32 Å². The van der Waals surface area contributed by atoms with Gasteiger partial charge in [-0.3, -0.25) is 14.5 Å². The Bertz CT molecular complexity index is 331. The molecule has 1 aliphatic heterocycles. The number of carbonyl (C=O) groups is 2. The molecule has 1 aliphatic carbocycles. The number of hydrogen-bond donors (Lipinski definition) is 1. The van der Waals surface area contributed by atoms with Crippen LogP contribution in [0.4, 0.5) is 0 Å². The van der Waals surface area contributed by atoms with Crippen molar-refractivity contribution in [2.24, 2.45) is 0 Å². The zero-order chi connectivity index (χ0) is 13.7. The molecule has 0 radical (unpaired) electrons. The van der Waals surface area contributed by atoms with Gasteiger partial charge in [0.1, 0.15) is 0 Å². The van der Waals surface area contributed by atoms with Crippen LogP contribution in [0.2, 0.25) is 0 Å². The Morgan fingerprint density at radius 1 is 1.42 bits per heavy atom. The minimum Gasteiger partial charge on any atom is -0.469 e. The van der Waals surface area contributed by atoms with E-state index in [0.29, 0.717) is 25.6 Å². The van der Waals surface area contributed by atoms with Gasteiger partial charge in [-0.15, -0.1) is 0 Å². The Hall–Kier alpha value is -1.14. The maximum Gasteiger partial charge on any atom is 0.308 e. The number of carbonyl (C=O) groups excluding carboxylic acids is 2.